The number of pyridine rings is 1. The molecule has 0 spiro atoms. The van der Waals surface area contributed by atoms with E-state index >= 15 is 0 Å². The van der Waals surface area contributed by atoms with Crippen LogP contribution in [0.1, 0.15) is 10.4 Å². The number of carbonyl (C=O) groups excluding carboxylic acids is 1. The number of nitro groups is 1. The van der Waals surface area contributed by atoms with Gasteiger partial charge in [-0.2, -0.15) is 0 Å². The molecule has 0 aliphatic carbocycles. The number of hydrogen-bond acceptors (Lipinski definition) is 4. The number of hydrogen-bond donors (Lipinski definition) is 1. The van der Waals surface area contributed by atoms with E-state index < -0.39 is 4.92 Å². The maximum Gasteiger partial charge on any atom is 0.269 e. The smallest absolute Gasteiger partial charge is 0.269 e. The van der Waals surface area contributed by atoms with Gasteiger partial charge in [-0.05, 0) is 36.4 Å². The molecule has 0 fully saturated rings. The van der Waals surface area contributed by atoms with Gasteiger partial charge >= 0.3 is 0 Å². The maximum atomic E-state index is 12.2. The molecular formula is C18H13N3O3. The number of aromatic nitrogens is 1. The summed E-state index contributed by atoms with van der Waals surface area (Å²) >= 11 is 0. The maximum absolute atomic E-state index is 12.2. The van der Waals surface area contributed by atoms with Crippen LogP contribution in [0.5, 0.6) is 0 Å². The summed E-state index contributed by atoms with van der Waals surface area (Å²) in [5, 5.41) is 13.3. The molecule has 2 aromatic carbocycles. The molecule has 6 nitrogen and oxygen atoms in total. The van der Waals surface area contributed by atoms with Gasteiger partial charge in [-0.3, -0.25) is 19.9 Å². The van der Waals surface area contributed by atoms with Gasteiger partial charge in [0.1, 0.15) is 0 Å². The van der Waals surface area contributed by atoms with Crippen molar-refractivity contribution in [3.63, 3.8) is 0 Å². The molecule has 0 aliphatic rings. The topological polar surface area (TPSA) is 85.1 Å². The van der Waals surface area contributed by atoms with Crippen LogP contribution in [0.4, 0.5) is 11.4 Å². The van der Waals surface area contributed by atoms with Gasteiger partial charge in [0.25, 0.3) is 11.6 Å². The lowest BCUT2D eigenvalue weighted by Gasteiger charge is -2.06. The lowest BCUT2D eigenvalue weighted by atomic mass is 10.1. The highest BCUT2D eigenvalue weighted by Gasteiger charge is 2.09. The monoisotopic (exact) mass is 319 g/mol. The first-order valence-electron chi connectivity index (χ1n) is 7.21. The van der Waals surface area contributed by atoms with Gasteiger partial charge in [0.15, 0.2) is 0 Å². The van der Waals surface area contributed by atoms with Gasteiger partial charge in [-0.1, -0.05) is 18.2 Å². The molecule has 0 atom stereocenters. The zero-order valence-corrected chi connectivity index (χ0v) is 12.5. The minimum Gasteiger partial charge on any atom is -0.322 e. The van der Waals surface area contributed by atoms with Crippen LogP contribution in [-0.2, 0) is 0 Å². The molecule has 3 rings (SSSR count). The Bertz CT molecular complexity index is 860. The molecule has 1 N–H and O–H groups in total. The first-order valence-corrected chi connectivity index (χ1v) is 7.21. The largest absolute Gasteiger partial charge is 0.322 e. The molecule has 0 aliphatic heterocycles. The summed E-state index contributed by atoms with van der Waals surface area (Å²) in [5.41, 5.74) is 2.72. The molecule has 1 heterocycles. The molecule has 0 saturated carbocycles. The number of amides is 1. The summed E-state index contributed by atoms with van der Waals surface area (Å²) in [6.45, 7) is 0. The first-order chi connectivity index (χ1) is 11.6. The number of nitrogens with one attached hydrogen (secondary N) is 1. The second-order valence-electron chi connectivity index (χ2n) is 5.05. The third-order valence-corrected chi connectivity index (χ3v) is 3.44. The van der Waals surface area contributed by atoms with Crippen LogP contribution in [-0.4, -0.2) is 15.8 Å². The molecule has 1 amide bonds. The first kappa shape index (κ1) is 15.4. The number of anilines is 1. The van der Waals surface area contributed by atoms with Gasteiger partial charge in [-0.15, -0.1) is 0 Å². The molecule has 3 aromatic rings. The Morgan fingerprint density at radius 1 is 0.958 bits per heavy atom. The molecule has 0 radical (unpaired) electrons. The Balaban J connectivity index is 1.72. The predicted molar refractivity (Wildman–Crippen MR) is 90.7 cm³/mol. The van der Waals surface area contributed by atoms with Crippen LogP contribution >= 0.6 is 0 Å². The quantitative estimate of drug-likeness (QED) is 0.583. The summed E-state index contributed by atoms with van der Waals surface area (Å²) < 4.78 is 0. The SMILES string of the molecule is O=C(Nc1ccc([N+](=O)[O-])cc1)c1ccc(-c2ccccn2)cc1. The minimum atomic E-state index is -0.484. The van der Waals surface area contributed by atoms with E-state index in [9.17, 15) is 14.9 Å². The molecule has 0 saturated heterocycles. The van der Waals surface area contributed by atoms with E-state index in [0.717, 1.165) is 11.3 Å². The molecule has 24 heavy (non-hydrogen) atoms. The van der Waals surface area contributed by atoms with Crippen LogP contribution in [0.2, 0.25) is 0 Å². The van der Waals surface area contributed by atoms with E-state index in [2.05, 4.69) is 10.3 Å². The van der Waals surface area contributed by atoms with Crippen molar-refractivity contribution >= 4 is 17.3 Å². The highest BCUT2D eigenvalue weighted by Crippen LogP contribution is 2.19. The minimum absolute atomic E-state index is 0.0206. The average molecular weight is 319 g/mol. The highest BCUT2D eigenvalue weighted by molar-refractivity contribution is 6.04. The number of benzene rings is 2. The zero-order chi connectivity index (χ0) is 16.9. The van der Waals surface area contributed by atoms with Gasteiger partial charge in [0, 0.05) is 35.1 Å². The fourth-order valence-electron chi connectivity index (χ4n) is 2.20. The Kier molecular flexibility index (Phi) is 4.29. The van der Waals surface area contributed by atoms with E-state index in [1.165, 1.54) is 24.3 Å². The van der Waals surface area contributed by atoms with E-state index in [-0.39, 0.29) is 11.6 Å². The standard InChI is InChI=1S/C18H13N3O3/c22-18(20-15-8-10-16(11-9-15)21(23)24)14-6-4-13(5-7-14)17-3-1-2-12-19-17/h1-12H,(H,20,22). The number of nitro benzene ring substituents is 1. The van der Waals surface area contributed by atoms with E-state index in [1.807, 2.05) is 30.3 Å². The highest BCUT2D eigenvalue weighted by atomic mass is 16.6. The third-order valence-electron chi connectivity index (χ3n) is 3.44. The average Bonchev–Trinajstić information content (AvgIpc) is 2.63. The van der Waals surface area contributed by atoms with Crippen molar-refractivity contribution in [1.82, 2.24) is 4.98 Å². The van der Waals surface area contributed by atoms with Crippen molar-refractivity contribution in [2.24, 2.45) is 0 Å². The Hall–Kier alpha value is -3.54. The Morgan fingerprint density at radius 2 is 1.67 bits per heavy atom. The fourth-order valence-corrected chi connectivity index (χ4v) is 2.20. The van der Waals surface area contributed by atoms with E-state index in [4.69, 9.17) is 0 Å². The van der Waals surface area contributed by atoms with Crippen molar-refractivity contribution < 1.29 is 9.72 Å². The number of non-ortho nitro benzene ring substituents is 1. The summed E-state index contributed by atoms with van der Waals surface area (Å²) in [6.07, 6.45) is 1.71. The summed E-state index contributed by atoms with van der Waals surface area (Å²) in [5.74, 6) is -0.281. The molecule has 0 bridgehead atoms. The van der Waals surface area contributed by atoms with Crippen molar-refractivity contribution in [1.29, 1.82) is 0 Å². The summed E-state index contributed by atoms with van der Waals surface area (Å²) in [4.78, 5) is 26.6. The Labute approximate surface area is 137 Å². The van der Waals surface area contributed by atoms with Crippen molar-refractivity contribution in [3.05, 3.63) is 88.6 Å². The van der Waals surface area contributed by atoms with Crippen molar-refractivity contribution in [3.8, 4) is 11.3 Å². The summed E-state index contributed by atoms with van der Waals surface area (Å²) in [6, 6.07) is 18.4. The van der Waals surface area contributed by atoms with Crippen LogP contribution in [0.25, 0.3) is 11.3 Å². The normalized spacial score (nSPS) is 10.2. The Morgan fingerprint density at radius 3 is 2.25 bits per heavy atom. The zero-order valence-electron chi connectivity index (χ0n) is 12.5. The molecular weight excluding hydrogens is 306 g/mol. The van der Waals surface area contributed by atoms with E-state index in [0.29, 0.717) is 11.3 Å². The molecule has 1 aromatic heterocycles. The number of nitrogens with zero attached hydrogens (tertiary/aromatic N) is 2. The fraction of sp³-hybridized carbons (Fsp3) is 0. The van der Waals surface area contributed by atoms with E-state index in [1.54, 1.807) is 18.3 Å². The van der Waals surface area contributed by atoms with Gasteiger partial charge in [-0.25, -0.2) is 0 Å². The predicted octanol–water partition coefficient (Wildman–Crippen LogP) is 3.91. The van der Waals surface area contributed by atoms with Gasteiger partial charge in [0.05, 0.1) is 10.6 Å². The number of rotatable bonds is 4. The third kappa shape index (κ3) is 3.44. The second-order valence-corrected chi connectivity index (χ2v) is 5.05. The molecule has 6 heteroatoms. The lowest BCUT2D eigenvalue weighted by Crippen LogP contribution is -2.11. The van der Waals surface area contributed by atoms with Gasteiger partial charge < -0.3 is 5.32 Å². The molecule has 0 unspecified atom stereocenters. The van der Waals surface area contributed by atoms with Crippen molar-refractivity contribution in [2.45, 2.75) is 0 Å². The number of carbonyl (C=O) groups is 1. The van der Waals surface area contributed by atoms with Crippen LogP contribution in [0.15, 0.2) is 72.9 Å². The summed E-state index contributed by atoms with van der Waals surface area (Å²) in [7, 11) is 0. The van der Waals surface area contributed by atoms with Gasteiger partial charge in [0.2, 0.25) is 0 Å². The van der Waals surface area contributed by atoms with Crippen molar-refractivity contribution in [2.75, 3.05) is 5.32 Å². The lowest BCUT2D eigenvalue weighted by molar-refractivity contribution is -0.384. The second kappa shape index (κ2) is 6.70. The van der Waals surface area contributed by atoms with Crippen LogP contribution in [0.3, 0.4) is 0 Å². The van der Waals surface area contributed by atoms with Crippen LogP contribution in [0, 0.1) is 10.1 Å². The molecule has 118 valence electrons. The van der Waals surface area contributed by atoms with Crippen LogP contribution < -0.4 is 5.32 Å².